The lowest BCUT2D eigenvalue weighted by molar-refractivity contribution is -0.123. The number of carbonyl (C=O) groups is 1. The van der Waals surface area contributed by atoms with Gasteiger partial charge in [0, 0.05) is 13.2 Å². The van der Waals surface area contributed by atoms with Crippen LogP contribution in [0.1, 0.15) is 35.6 Å². The lowest BCUT2D eigenvalue weighted by atomic mass is 9.98. The molecule has 0 atom stereocenters. The molecule has 0 fully saturated rings. The molecule has 0 bridgehead atoms. The number of para-hydroxylation sites is 1. The van der Waals surface area contributed by atoms with Gasteiger partial charge in [-0.25, -0.2) is 5.01 Å². The monoisotopic (exact) mass is 408 g/mol. The predicted octanol–water partition coefficient (Wildman–Crippen LogP) is 3.16. The van der Waals surface area contributed by atoms with Gasteiger partial charge in [0.15, 0.2) is 5.71 Å². The van der Waals surface area contributed by atoms with E-state index >= 15 is 0 Å². The molecule has 0 aliphatic carbocycles. The number of hydrogen-bond acceptors (Lipinski definition) is 6. The summed E-state index contributed by atoms with van der Waals surface area (Å²) in [7, 11) is 0. The van der Waals surface area contributed by atoms with Gasteiger partial charge in [-0.05, 0) is 62.8 Å². The van der Waals surface area contributed by atoms with E-state index in [1.54, 1.807) is 13.0 Å². The van der Waals surface area contributed by atoms with Crippen molar-refractivity contribution < 1.29 is 15.0 Å². The van der Waals surface area contributed by atoms with Crippen LogP contribution in [0.25, 0.3) is 0 Å². The molecule has 1 heterocycles. The van der Waals surface area contributed by atoms with E-state index in [0.29, 0.717) is 30.8 Å². The van der Waals surface area contributed by atoms with Gasteiger partial charge in [-0.1, -0.05) is 35.9 Å². The largest absolute Gasteiger partial charge is 0.505 e. The third-order valence-corrected chi connectivity index (χ3v) is 5.15. The number of nitrogens with zero attached hydrogens (tertiary/aromatic N) is 3. The van der Waals surface area contributed by atoms with Gasteiger partial charge in [-0.15, -0.1) is 0 Å². The molecule has 0 aromatic heterocycles. The highest BCUT2D eigenvalue weighted by molar-refractivity contribution is 6.68. The zero-order valence-corrected chi connectivity index (χ0v) is 17.6. The number of aliphatic hydroxyl groups excluding tert-OH is 1. The smallest absolute Gasteiger partial charge is 0.296 e. The second-order valence-corrected chi connectivity index (χ2v) is 7.51. The minimum absolute atomic E-state index is 0.00812. The molecule has 1 amide bonds. The van der Waals surface area contributed by atoms with E-state index in [-0.39, 0.29) is 24.0 Å². The maximum Gasteiger partial charge on any atom is 0.296 e. The molecule has 7 nitrogen and oxygen atoms in total. The first kappa shape index (κ1) is 21.5. The molecule has 158 valence electrons. The molecule has 3 rings (SSSR count). The number of amides is 1. The lowest BCUT2D eigenvalue weighted by Gasteiger charge is -2.12. The maximum absolute atomic E-state index is 12.4. The molecule has 1 aliphatic heterocycles. The van der Waals surface area contributed by atoms with Crippen molar-refractivity contribution in [2.75, 3.05) is 18.6 Å². The average molecular weight is 409 g/mol. The zero-order valence-electron chi connectivity index (χ0n) is 17.6. The van der Waals surface area contributed by atoms with Crippen LogP contribution in [0, 0.1) is 13.8 Å². The SMILES string of the molecule is CC1=NN(CCCO)C(=O)C1=NNc1cccc(CCc2cc(C)ccc2C)c1O. The fourth-order valence-electron chi connectivity index (χ4n) is 3.39. The van der Waals surface area contributed by atoms with Crippen LogP contribution in [0.5, 0.6) is 5.75 Å². The first-order valence-corrected chi connectivity index (χ1v) is 10.1. The van der Waals surface area contributed by atoms with Crippen LogP contribution in [-0.4, -0.2) is 45.7 Å². The number of aryl methyl sites for hydroxylation is 4. The number of phenols is 1. The summed E-state index contributed by atoms with van der Waals surface area (Å²) in [6, 6.07) is 11.9. The van der Waals surface area contributed by atoms with Gasteiger partial charge in [0.05, 0.1) is 11.4 Å². The van der Waals surface area contributed by atoms with Crippen molar-refractivity contribution >= 4 is 23.0 Å². The van der Waals surface area contributed by atoms with Gasteiger partial charge in [-0.2, -0.15) is 10.2 Å². The quantitative estimate of drug-likeness (QED) is 0.462. The molecule has 3 N–H and O–H groups in total. The Balaban J connectivity index is 1.71. The average Bonchev–Trinajstić information content (AvgIpc) is 3.00. The van der Waals surface area contributed by atoms with Crippen molar-refractivity contribution in [2.24, 2.45) is 10.2 Å². The normalized spacial score (nSPS) is 15.1. The molecule has 0 saturated carbocycles. The number of anilines is 1. The second kappa shape index (κ2) is 9.54. The first-order valence-electron chi connectivity index (χ1n) is 10.1. The second-order valence-electron chi connectivity index (χ2n) is 7.51. The van der Waals surface area contributed by atoms with Gasteiger partial charge in [0.1, 0.15) is 5.75 Å². The summed E-state index contributed by atoms with van der Waals surface area (Å²) in [5, 5.41) is 29.3. The third kappa shape index (κ3) is 4.86. The van der Waals surface area contributed by atoms with E-state index in [2.05, 4.69) is 47.7 Å². The van der Waals surface area contributed by atoms with E-state index in [1.807, 2.05) is 12.1 Å². The van der Waals surface area contributed by atoms with E-state index in [9.17, 15) is 9.90 Å². The van der Waals surface area contributed by atoms with Crippen LogP contribution in [0.2, 0.25) is 0 Å². The van der Waals surface area contributed by atoms with Crippen molar-refractivity contribution in [3.8, 4) is 5.75 Å². The molecule has 0 saturated heterocycles. The summed E-state index contributed by atoms with van der Waals surface area (Å²) in [5.41, 5.74) is 8.48. The molecule has 0 spiro atoms. The van der Waals surface area contributed by atoms with Gasteiger partial charge in [0.2, 0.25) is 0 Å². The topological polar surface area (TPSA) is 97.5 Å². The highest BCUT2D eigenvalue weighted by Gasteiger charge is 2.29. The van der Waals surface area contributed by atoms with E-state index < -0.39 is 0 Å². The van der Waals surface area contributed by atoms with Crippen molar-refractivity contribution in [1.29, 1.82) is 0 Å². The zero-order chi connectivity index (χ0) is 21.7. The number of aromatic hydroxyl groups is 1. The highest BCUT2D eigenvalue weighted by Crippen LogP contribution is 2.29. The Hall–Kier alpha value is -3.19. The number of hydrogen-bond donors (Lipinski definition) is 3. The predicted molar refractivity (Wildman–Crippen MR) is 119 cm³/mol. The Bertz CT molecular complexity index is 998. The Morgan fingerprint density at radius 1 is 1.10 bits per heavy atom. The Kier molecular flexibility index (Phi) is 6.84. The van der Waals surface area contributed by atoms with Gasteiger partial charge in [-0.3, -0.25) is 10.2 Å². The fraction of sp³-hybridized carbons (Fsp3) is 0.348. The Labute approximate surface area is 176 Å². The Morgan fingerprint density at radius 3 is 2.63 bits per heavy atom. The van der Waals surface area contributed by atoms with E-state index in [0.717, 1.165) is 12.0 Å². The number of benzene rings is 2. The molecule has 0 radical (unpaired) electrons. The summed E-state index contributed by atoms with van der Waals surface area (Å²) in [4.78, 5) is 12.4. The molecule has 2 aromatic carbocycles. The summed E-state index contributed by atoms with van der Waals surface area (Å²) in [6.45, 7) is 6.20. The first-order chi connectivity index (χ1) is 14.4. The number of aliphatic hydroxyl groups is 1. The van der Waals surface area contributed by atoms with Crippen LogP contribution in [0.3, 0.4) is 0 Å². The molecule has 1 aliphatic rings. The molecular formula is C23H28N4O3. The van der Waals surface area contributed by atoms with Crippen LogP contribution in [0.4, 0.5) is 5.69 Å². The number of nitrogens with one attached hydrogen (secondary N) is 1. The third-order valence-electron chi connectivity index (χ3n) is 5.15. The summed E-state index contributed by atoms with van der Waals surface area (Å²) in [6.07, 6.45) is 1.96. The lowest BCUT2D eigenvalue weighted by Crippen LogP contribution is -2.29. The Morgan fingerprint density at radius 2 is 1.87 bits per heavy atom. The minimum atomic E-state index is -0.320. The fourth-order valence-corrected chi connectivity index (χ4v) is 3.39. The van der Waals surface area contributed by atoms with Crippen LogP contribution in [0.15, 0.2) is 46.6 Å². The van der Waals surface area contributed by atoms with Crippen LogP contribution in [-0.2, 0) is 17.6 Å². The summed E-state index contributed by atoms with van der Waals surface area (Å²) in [5.74, 6) is -0.191. The maximum atomic E-state index is 12.4. The number of carbonyl (C=O) groups excluding carboxylic acids is 1. The van der Waals surface area contributed by atoms with Gasteiger partial charge >= 0.3 is 0 Å². The van der Waals surface area contributed by atoms with Crippen molar-refractivity contribution in [1.82, 2.24) is 5.01 Å². The van der Waals surface area contributed by atoms with Crippen molar-refractivity contribution in [3.05, 3.63) is 58.7 Å². The molecular weight excluding hydrogens is 380 g/mol. The summed E-state index contributed by atoms with van der Waals surface area (Å²) >= 11 is 0. The van der Waals surface area contributed by atoms with Crippen LogP contribution < -0.4 is 5.43 Å². The van der Waals surface area contributed by atoms with Crippen molar-refractivity contribution in [2.45, 2.75) is 40.0 Å². The van der Waals surface area contributed by atoms with Gasteiger partial charge in [0.25, 0.3) is 5.91 Å². The highest BCUT2D eigenvalue weighted by atomic mass is 16.3. The number of hydrazone groups is 2. The summed E-state index contributed by atoms with van der Waals surface area (Å²) < 4.78 is 0. The number of phenolic OH excluding ortho intramolecular Hbond substituents is 1. The van der Waals surface area contributed by atoms with Crippen molar-refractivity contribution in [3.63, 3.8) is 0 Å². The van der Waals surface area contributed by atoms with E-state index in [4.69, 9.17) is 5.11 Å². The molecule has 2 aromatic rings. The van der Waals surface area contributed by atoms with Gasteiger partial charge < -0.3 is 10.2 Å². The van der Waals surface area contributed by atoms with E-state index in [1.165, 1.54) is 21.7 Å². The minimum Gasteiger partial charge on any atom is -0.505 e. The van der Waals surface area contributed by atoms with Crippen LogP contribution >= 0.6 is 0 Å². The molecule has 30 heavy (non-hydrogen) atoms. The molecule has 7 heteroatoms. The molecule has 0 unspecified atom stereocenters. The number of rotatable bonds is 8. The standard InChI is InChI=1S/C23H28N4O3/c1-15-8-9-16(2)19(14-15)11-10-18-6-4-7-20(22(18)29)24-25-21-17(3)26-27(23(21)30)12-5-13-28/h4,6-9,14,24,28-29H,5,10-13H2,1-3H3.